The molecule has 7 heteroatoms. The number of hydrogen-bond donors (Lipinski definition) is 2. The van der Waals surface area contributed by atoms with Gasteiger partial charge in [-0.15, -0.1) is 6.58 Å². The molecule has 3 atom stereocenters. The van der Waals surface area contributed by atoms with Crippen LogP contribution in [0.25, 0.3) is 0 Å². The van der Waals surface area contributed by atoms with E-state index in [1.165, 1.54) is 0 Å². The Balaban J connectivity index is 1.68. The molecule has 138 valence electrons. The fourth-order valence-corrected chi connectivity index (χ4v) is 4.17. The molecular weight excluding hydrogens is 370 g/mol. The normalized spacial score (nSPS) is 25.3. The maximum atomic E-state index is 13.0. The highest BCUT2D eigenvalue weighted by atomic mass is 35.5. The number of benzene rings is 1. The molecule has 1 saturated heterocycles. The second kappa shape index (κ2) is 8.18. The molecule has 3 unspecified atom stereocenters. The minimum atomic E-state index is -0.160. The van der Waals surface area contributed by atoms with Crippen LogP contribution in [-0.2, 0) is 16.1 Å². The van der Waals surface area contributed by atoms with Crippen molar-refractivity contribution >= 4 is 40.7 Å². The molecule has 0 aromatic heterocycles. The van der Waals surface area contributed by atoms with E-state index in [0.717, 1.165) is 5.56 Å². The van der Waals surface area contributed by atoms with Crippen molar-refractivity contribution in [3.05, 3.63) is 47.5 Å². The molecule has 0 spiro atoms. The molecule has 1 aliphatic carbocycles. The summed E-state index contributed by atoms with van der Waals surface area (Å²) >= 11 is 11.6. The van der Waals surface area contributed by atoms with E-state index in [-0.39, 0.29) is 29.7 Å². The summed E-state index contributed by atoms with van der Waals surface area (Å²) in [5, 5.41) is 7.14. The van der Waals surface area contributed by atoms with Crippen molar-refractivity contribution in [2.45, 2.75) is 31.8 Å². The van der Waals surface area contributed by atoms with Gasteiger partial charge in [0.05, 0.1) is 12.5 Å². The average Bonchev–Trinajstić information content (AvgIpc) is 2.64. The van der Waals surface area contributed by atoms with Gasteiger partial charge in [0.25, 0.3) is 0 Å². The smallest absolute Gasteiger partial charge is 0.234 e. The van der Waals surface area contributed by atoms with Crippen LogP contribution in [0.15, 0.2) is 36.9 Å². The summed E-state index contributed by atoms with van der Waals surface area (Å²) in [5.41, 5.74) is 0.864. The molecule has 2 fully saturated rings. The molecule has 5 nitrogen and oxygen atoms in total. The number of carbonyl (C=O) groups excluding carboxylic acids is 2. The molecule has 2 aliphatic rings. The van der Waals surface area contributed by atoms with Crippen LogP contribution in [0.3, 0.4) is 0 Å². The third-order valence-electron chi connectivity index (χ3n) is 5.07. The average molecular weight is 392 g/mol. The maximum absolute atomic E-state index is 13.0. The zero-order chi connectivity index (χ0) is 18.7. The van der Waals surface area contributed by atoms with Gasteiger partial charge < -0.3 is 10.6 Å². The fraction of sp³-hybridized carbons (Fsp3) is 0.421. The number of thiocarbonyl (C=S) groups is 1. The zero-order valence-corrected chi connectivity index (χ0v) is 16.0. The third kappa shape index (κ3) is 3.91. The fourth-order valence-electron chi connectivity index (χ4n) is 3.66. The van der Waals surface area contributed by atoms with Crippen molar-refractivity contribution in [1.82, 2.24) is 15.5 Å². The van der Waals surface area contributed by atoms with Crippen LogP contribution in [0.1, 0.15) is 24.8 Å². The Kier molecular flexibility index (Phi) is 5.94. The predicted molar refractivity (Wildman–Crippen MR) is 106 cm³/mol. The van der Waals surface area contributed by atoms with E-state index >= 15 is 0 Å². The lowest BCUT2D eigenvalue weighted by molar-refractivity contribution is -0.138. The monoisotopic (exact) mass is 391 g/mol. The van der Waals surface area contributed by atoms with E-state index in [1.807, 2.05) is 18.2 Å². The number of nitrogens with zero attached hydrogens (tertiary/aromatic N) is 1. The predicted octanol–water partition coefficient (Wildman–Crippen LogP) is 2.64. The Morgan fingerprint density at radius 2 is 2.19 bits per heavy atom. The summed E-state index contributed by atoms with van der Waals surface area (Å²) in [7, 11) is 0. The highest BCUT2D eigenvalue weighted by Gasteiger charge is 2.44. The molecule has 1 aromatic carbocycles. The summed E-state index contributed by atoms with van der Waals surface area (Å²) < 4.78 is 0. The maximum Gasteiger partial charge on any atom is 0.234 e. The highest BCUT2D eigenvalue weighted by molar-refractivity contribution is 7.80. The minimum absolute atomic E-state index is 0.0158. The van der Waals surface area contributed by atoms with Gasteiger partial charge >= 0.3 is 0 Å². The van der Waals surface area contributed by atoms with Gasteiger partial charge in [0, 0.05) is 23.5 Å². The van der Waals surface area contributed by atoms with Crippen LogP contribution in [0, 0.1) is 11.8 Å². The molecule has 0 bridgehead atoms. The molecule has 2 N–H and O–H groups in total. The van der Waals surface area contributed by atoms with Gasteiger partial charge in [0.15, 0.2) is 5.11 Å². The van der Waals surface area contributed by atoms with Gasteiger partial charge in [-0.25, -0.2) is 0 Å². The Morgan fingerprint density at radius 1 is 1.42 bits per heavy atom. The lowest BCUT2D eigenvalue weighted by Gasteiger charge is -2.43. The van der Waals surface area contributed by atoms with Gasteiger partial charge in [0.1, 0.15) is 0 Å². The van der Waals surface area contributed by atoms with E-state index in [9.17, 15) is 9.59 Å². The number of halogens is 1. The van der Waals surface area contributed by atoms with Crippen LogP contribution in [-0.4, -0.2) is 34.4 Å². The first kappa shape index (κ1) is 18.9. The van der Waals surface area contributed by atoms with E-state index in [2.05, 4.69) is 17.2 Å². The number of carbonyl (C=O) groups is 2. The quantitative estimate of drug-likeness (QED) is 0.598. The van der Waals surface area contributed by atoms with Gasteiger partial charge in [-0.1, -0.05) is 35.9 Å². The van der Waals surface area contributed by atoms with Gasteiger partial charge in [-0.3, -0.25) is 14.5 Å². The van der Waals surface area contributed by atoms with Crippen molar-refractivity contribution in [2.24, 2.45) is 11.8 Å². The second-order valence-electron chi connectivity index (χ2n) is 6.72. The lowest BCUT2D eigenvalue weighted by atomic mass is 9.76. The lowest BCUT2D eigenvalue weighted by Crippen LogP contribution is -2.61. The van der Waals surface area contributed by atoms with Crippen LogP contribution in [0.5, 0.6) is 0 Å². The number of amides is 2. The number of fused-ring (bicyclic) bond motifs is 1. The van der Waals surface area contributed by atoms with Crippen LogP contribution in [0.4, 0.5) is 0 Å². The molecule has 1 aliphatic heterocycles. The Bertz CT molecular complexity index is 739. The molecule has 3 rings (SSSR count). The summed E-state index contributed by atoms with van der Waals surface area (Å²) in [4.78, 5) is 26.8. The molecule has 2 amide bonds. The minimum Gasteiger partial charge on any atom is -0.359 e. The van der Waals surface area contributed by atoms with Gasteiger partial charge in [0.2, 0.25) is 11.8 Å². The van der Waals surface area contributed by atoms with Gasteiger partial charge in [-0.05, 0) is 43.1 Å². The molecule has 1 saturated carbocycles. The topological polar surface area (TPSA) is 61.4 Å². The van der Waals surface area contributed by atoms with Crippen molar-refractivity contribution in [2.75, 3.05) is 6.54 Å². The van der Waals surface area contributed by atoms with Crippen LogP contribution in [0.2, 0.25) is 5.02 Å². The Labute approximate surface area is 163 Å². The Morgan fingerprint density at radius 3 is 2.92 bits per heavy atom. The van der Waals surface area contributed by atoms with E-state index in [4.69, 9.17) is 23.8 Å². The Hall–Kier alpha value is -1.92. The first-order valence-corrected chi connectivity index (χ1v) is 9.53. The molecule has 26 heavy (non-hydrogen) atoms. The first-order chi connectivity index (χ1) is 12.5. The highest BCUT2D eigenvalue weighted by Crippen LogP contribution is 2.34. The summed E-state index contributed by atoms with van der Waals surface area (Å²) in [5.74, 6) is -0.229. The SMILES string of the molecule is C=CCNC(=O)C1CCC2C(=O)N(Cc3ccccc3Cl)C(=S)NC2C1. The van der Waals surface area contributed by atoms with E-state index < -0.39 is 0 Å². The first-order valence-electron chi connectivity index (χ1n) is 8.75. The third-order valence-corrected chi connectivity index (χ3v) is 5.77. The van der Waals surface area contributed by atoms with Crippen molar-refractivity contribution < 1.29 is 9.59 Å². The van der Waals surface area contributed by atoms with Crippen molar-refractivity contribution in [3.63, 3.8) is 0 Å². The number of rotatable bonds is 5. The van der Waals surface area contributed by atoms with Crippen LogP contribution < -0.4 is 10.6 Å². The summed E-state index contributed by atoms with van der Waals surface area (Å²) in [6, 6.07) is 7.35. The number of nitrogens with one attached hydrogen (secondary N) is 2. The zero-order valence-electron chi connectivity index (χ0n) is 14.4. The van der Waals surface area contributed by atoms with E-state index in [0.29, 0.717) is 42.5 Å². The number of hydrogen-bond acceptors (Lipinski definition) is 3. The standard InChI is InChI=1S/C19H22ClN3O2S/c1-2-9-21-17(24)12-7-8-14-16(10-12)22-19(26)23(18(14)25)11-13-5-3-4-6-15(13)20/h2-6,12,14,16H,1,7-11H2,(H,21,24)(H,22,26). The molecule has 1 aromatic rings. The molecule has 0 radical (unpaired) electrons. The van der Waals surface area contributed by atoms with Crippen molar-refractivity contribution in [3.8, 4) is 0 Å². The molecule has 1 heterocycles. The second-order valence-corrected chi connectivity index (χ2v) is 7.52. The van der Waals surface area contributed by atoms with Crippen molar-refractivity contribution in [1.29, 1.82) is 0 Å². The van der Waals surface area contributed by atoms with E-state index in [1.54, 1.807) is 17.0 Å². The summed E-state index contributed by atoms with van der Waals surface area (Å²) in [6.45, 7) is 4.42. The van der Waals surface area contributed by atoms with Crippen LogP contribution >= 0.6 is 23.8 Å². The summed E-state index contributed by atoms with van der Waals surface area (Å²) in [6.07, 6.45) is 3.64. The van der Waals surface area contributed by atoms with Gasteiger partial charge in [-0.2, -0.15) is 0 Å². The molecular formula is C19H22ClN3O2S. The largest absolute Gasteiger partial charge is 0.359 e.